The van der Waals surface area contributed by atoms with Crippen molar-refractivity contribution in [1.29, 1.82) is 5.26 Å². The average molecular weight is 384 g/mol. The first kappa shape index (κ1) is 18.2. The fraction of sp³-hybridized carbons (Fsp3) is 0.211. The zero-order valence-electron chi connectivity index (χ0n) is 13.8. The molecule has 1 unspecified atom stereocenters. The molecule has 0 bridgehead atoms. The Labute approximate surface area is 159 Å². The molecule has 0 aliphatic carbocycles. The Morgan fingerprint density at radius 2 is 2.12 bits per heavy atom. The highest BCUT2D eigenvalue weighted by atomic mass is 32.2. The van der Waals surface area contributed by atoms with Crippen LogP contribution in [0.3, 0.4) is 0 Å². The summed E-state index contributed by atoms with van der Waals surface area (Å²) in [5, 5.41) is 14.6. The quantitative estimate of drug-likeness (QED) is 0.771. The lowest BCUT2D eigenvalue weighted by Gasteiger charge is -2.23. The summed E-state index contributed by atoms with van der Waals surface area (Å²) in [6.07, 6.45) is 0.242. The lowest BCUT2D eigenvalue weighted by molar-refractivity contribution is -0.141. The Morgan fingerprint density at radius 3 is 2.81 bits per heavy atom. The Bertz CT molecular complexity index is 855. The van der Waals surface area contributed by atoms with Crippen LogP contribution >= 0.6 is 23.1 Å². The van der Waals surface area contributed by atoms with Crippen LogP contribution in [0.4, 0.5) is 0 Å². The van der Waals surface area contributed by atoms with Crippen LogP contribution in [0.1, 0.15) is 22.8 Å². The number of nitriles is 1. The number of allylic oxidation sites excluding steroid dienone is 1. The van der Waals surface area contributed by atoms with E-state index in [1.54, 1.807) is 0 Å². The van der Waals surface area contributed by atoms with E-state index in [-0.39, 0.29) is 30.6 Å². The molecule has 7 heteroatoms. The van der Waals surface area contributed by atoms with Gasteiger partial charge in [-0.2, -0.15) is 5.26 Å². The SMILES string of the molecule is N#CC1=C(SCC(=O)OCc2ccccc2)NC(=O)CC1c1cccs1. The van der Waals surface area contributed by atoms with Crippen LogP contribution < -0.4 is 5.32 Å². The zero-order valence-corrected chi connectivity index (χ0v) is 15.4. The van der Waals surface area contributed by atoms with Crippen LogP contribution in [-0.4, -0.2) is 17.6 Å². The first-order valence-corrected chi connectivity index (χ1v) is 9.83. The van der Waals surface area contributed by atoms with Gasteiger partial charge in [0, 0.05) is 17.2 Å². The molecular weight excluding hydrogens is 368 g/mol. The van der Waals surface area contributed by atoms with Crippen LogP contribution in [0.25, 0.3) is 0 Å². The summed E-state index contributed by atoms with van der Waals surface area (Å²) < 4.78 is 5.24. The first-order chi connectivity index (χ1) is 12.7. The summed E-state index contributed by atoms with van der Waals surface area (Å²) in [5.74, 6) is -0.764. The van der Waals surface area contributed by atoms with E-state index in [1.165, 1.54) is 11.3 Å². The number of esters is 1. The summed E-state index contributed by atoms with van der Waals surface area (Å²) in [5.41, 5.74) is 1.40. The number of rotatable bonds is 6. The second kappa shape index (κ2) is 8.70. The van der Waals surface area contributed by atoms with Crippen LogP contribution in [0.15, 0.2) is 58.4 Å². The van der Waals surface area contributed by atoms with Gasteiger partial charge in [0.1, 0.15) is 6.61 Å². The Kier molecular flexibility index (Phi) is 6.10. The van der Waals surface area contributed by atoms with Crippen molar-refractivity contribution in [1.82, 2.24) is 5.32 Å². The second-order valence-corrected chi connectivity index (χ2v) is 7.57. The van der Waals surface area contributed by atoms with Crippen molar-refractivity contribution < 1.29 is 14.3 Å². The summed E-state index contributed by atoms with van der Waals surface area (Å²) in [7, 11) is 0. The fourth-order valence-electron chi connectivity index (χ4n) is 2.58. The molecule has 1 amide bonds. The van der Waals surface area contributed by atoms with E-state index in [2.05, 4.69) is 11.4 Å². The minimum absolute atomic E-state index is 0.0325. The number of hydrogen-bond acceptors (Lipinski definition) is 6. The topological polar surface area (TPSA) is 79.2 Å². The number of carbonyl (C=O) groups excluding carboxylic acids is 2. The number of ether oxygens (including phenoxy) is 1. The summed E-state index contributed by atoms with van der Waals surface area (Å²) in [6.45, 7) is 0.203. The van der Waals surface area contributed by atoms with Gasteiger partial charge in [-0.15, -0.1) is 11.3 Å². The third kappa shape index (κ3) is 4.54. The van der Waals surface area contributed by atoms with E-state index in [9.17, 15) is 14.9 Å². The van der Waals surface area contributed by atoms with Crippen molar-refractivity contribution in [2.45, 2.75) is 18.9 Å². The van der Waals surface area contributed by atoms with Gasteiger partial charge in [-0.3, -0.25) is 9.59 Å². The molecule has 0 fully saturated rings. The molecular formula is C19H16N2O3S2. The first-order valence-electron chi connectivity index (χ1n) is 7.97. The lowest BCUT2D eigenvalue weighted by atomic mass is 9.93. The standard InChI is InChI=1S/C19H16N2O3S2/c20-10-15-14(16-7-4-8-25-16)9-17(22)21-19(15)26-12-18(23)24-11-13-5-2-1-3-6-13/h1-8,14H,9,11-12H2,(H,21,22). The van der Waals surface area contributed by atoms with Gasteiger partial charge in [-0.25, -0.2) is 0 Å². The van der Waals surface area contributed by atoms with Crippen molar-refractivity contribution in [3.8, 4) is 6.07 Å². The number of thioether (sulfide) groups is 1. The predicted octanol–water partition coefficient (Wildman–Crippen LogP) is 3.56. The average Bonchev–Trinajstić information content (AvgIpc) is 3.19. The van der Waals surface area contributed by atoms with Crippen molar-refractivity contribution in [3.63, 3.8) is 0 Å². The summed E-state index contributed by atoms with van der Waals surface area (Å²) in [4.78, 5) is 25.0. The highest BCUT2D eigenvalue weighted by Gasteiger charge is 2.30. The number of carbonyl (C=O) groups is 2. The fourth-order valence-corrected chi connectivity index (χ4v) is 4.29. The van der Waals surface area contributed by atoms with Gasteiger partial charge >= 0.3 is 5.97 Å². The normalized spacial score (nSPS) is 16.7. The number of amides is 1. The zero-order chi connectivity index (χ0) is 18.4. The molecule has 0 saturated carbocycles. The Balaban J connectivity index is 1.64. The minimum Gasteiger partial charge on any atom is -0.460 e. The maximum absolute atomic E-state index is 12.0. The molecule has 0 saturated heterocycles. The highest BCUT2D eigenvalue weighted by Crippen LogP contribution is 2.37. The predicted molar refractivity (Wildman–Crippen MR) is 101 cm³/mol. The largest absolute Gasteiger partial charge is 0.460 e. The number of nitrogens with one attached hydrogen (secondary N) is 1. The molecule has 1 aromatic carbocycles. The van der Waals surface area contributed by atoms with Gasteiger partial charge in [0.05, 0.1) is 22.4 Å². The third-order valence-corrected chi connectivity index (χ3v) is 5.80. The molecule has 1 aliphatic rings. The van der Waals surface area contributed by atoms with E-state index in [0.717, 1.165) is 22.2 Å². The van der Waals surface area contributed by atoms with Crippen molar-refractivity contribution in [3.05, 3.63) is 68.9 Å². The van der Waals surface area contributed by atoms with E-state index in [0.29, 0.717) is 10.6 Å². The Hall–Kier alpha value is -2.56. The van der Waals surface area contributed by atoms with Gasteiger partial charge in [0.15, 0.2) is 0 Å². The smallest absolute Gasteiger partial charge is 0.316 e. The molecule has 26 heavy (non-hydrogen) atoms. The summed E-state index contributed by atoms with van der Waals surface area (Å²) >= 11 is 2.65. The van der Waals surface area contributed by atoms with Crippen LogP contribution in [0.5, 0.6) is 0 Å². The van der Waals surface area contributed by atoms with E-state index in [1.807, 2.05) is 47.8 Å². The maximum atomic E-state index is 12.0. The molecule has 1 aromatic heterocycles. The van der Waals surface area contributed by atoms with Crippen molar-refractivity contribution in [2.24, 2.45) is 0 Å². The molecule has 1 aliphatic heterocycles. The van der Waals surface area contributed by atoms with Gasteiger partial charge in [0.2, 0.25) is 5.91 Å². The molecule has 2 heterocycles. The van der Waals surface area contributed by atoms with Gasteiger partial charge < -0.3 is 10.1 Å². The Morgan fingerprint density at radius 1 is 1.31 bits per heavy atom. The van der Waals surface area contributed by atoms with Crippen molar-refractivity contribution in [2.75, 3.05) is 5.75 Å². The third-order valence-electron chi connectivity index (χ3n) is 3.82. The van der Waals surface area contributed by atoms with Gasteiger partial charge in [-0.05, 0) is 17.0 Å². The molecule has 0 spiro atoms. The van der Waals surface area contributed by atoms with Crippen LogP contribution in [0, 0.1) is 11.3 Å². The van der Waals surface area contributed by atoms with Crippen LogP contribution in [-0.2, 0) is 20.9 Å². The monoisotopic (exact) mass is 384 g/mol. The van der Waals surface area contributed by atoms with E-state index < -0.39 is 5.97 Å². The van der Waals surface area contributed by atoms with Gasteiger partial charge in [-0.1, -0.05) is 48.2 Å². The summed E-state index contributed by atoms with van der Waals surface area (Å²) in [6, 6.07) is 15.4. The second-order valence-electron chi connectivity index (χ2n) is 5.61. The minimum atomic E-state index is -0.392. The molecule has 1 atom stereocenters. The molecule has 1 N–H and O–H groups in total. The van der Waals surface area contributed by atoms with E-state index >= 15 is 0 Å². The van der Waals surface area contributed by atoms with Gasteiger partial charge in [0.25, 0.3) is 0 Å². The molecule has 2 aromatic rings. The number of nitrogens with zero attached hydrogens (tertiary/aromatic N) is 1. The number of benzene rings is 1. The highest BCUT2D eigenvalue weighted by molar-refractivity contribution is 8.03. The van der Waals surface area contributed by atoms with E-state index in [4.69, 9.17) is 4.74 Å². The number of hydrogen-bond donors (Lipinski definition) is 1. The molecule has 0 radical (unpaired) electrons. The number of thiophene rings is 1. The van der Waals surface area contributed by atoms with Crippen LogP contribution in [0.2, 0.25) is 0 Å². The molecule has 5 nitrogen and oxygen atoms in total. The lowest BCUT2D eigenvalue weighted by Crippen LogP contribution is -2.31. The van der Waals surface area contributed by atoms with Crippen molar-refractivity contribution >= 4 is 35.0 Å². The molecule has 132 valence electrons. The maximum Gasteiger partial charge on any atom is 0.316 e. The molecule has 3 rings (SSSR count).